The summed E-state index contributed by atoms with van der Waals surface area (Å²) < 4.78 is 0.863. The molecule has 16 heavy (non-hydrogen) atoms. The summed E-state index contributed by atoms with van der Waals surface area (Å²) in [6.45, 7) is 5.53. The Balaban J connectivity index is 0.00000225. The van der Waals surface area contributed by atoms with Gasteiger partial charge in [0.2, 0.25) is 0 Å². The Morgan fingerprint density at radius 1 is 1.56 bits per heavy atom. The van der Waals surface area contributed by atoms with Gasteiger partial charge in [0.05, 0.1) is 0 Å². The number of nitrogens with two attached hydrogens (primary N) is 1. The van der Waals surface area contributed by atoms with Gasteiger partial charge in [-0.1, -0.05) is 28.1 Å². The van der Waals surface area contributed by atoms with Gasteiger partial charge in [0.15, 0.2) is 0 Å². The molecule has 0 amide bonds. The molecule has 0 fully saturated rings. The number of hydrogen-bond donors (Lipinski definition) is 2. The van der Waals surface area contributed by atoms with E-state index in [9.17, 15) is 5.11 Å². The molecule has 0 bridgehead atoms. The molecule has 3 N–H and O–H groups in total. The standard InChI is InChI=1S/C12H16BrNO.ClH/c1-3-4-5-10(14)11-9(13)7-6-8(2)12(11)15;/h3,6-7,10,15H,1,4-5,14H2,2H3;1H/t10-;/m1./s1. The Morgan fingerprint density at radius 2 is 2.19 bits per heavy atom. The molecule has 0 saturated carbocycles. The Hall–Kier alpha value is -0.510. The lowest BCUT2D eigenvalue weighted by Crippen LogP contribution is -2.11. The van der Waals surface area contributed by atoms with Crippen molar-refractivity contribution in [3.05, 3.63) is 40.4 Å². The van der Waals surface area contributed by atoms with Crippen molar-refractivity contribution in [3.8, 4) is 5.75 Å². The SMILES string of the molecule is C=CCC[C@@H](N)c1c(Br)ccc(C)c1O.Cl. The molecule has 0 unspecified atom stereocenters. The number of hydrogen-bond acceptors (Lipinski definition) is 2. The van der Waals surface area contributed by atoms with Gasteiger partial charge in [-0.2, -0.15) is 0 Å². The van der Waals surface area contributed by atoms with Gasteiger partial charge in [0.1, 0.15) is 5.75 Å². The summed E-state index contributed by atoms with van der Waals surface area (Å²) in [5.74, 6) is 0.293. The zero-order valence-corrected chi connectivity index (χ0v) is 11.6. The smallest absolute Gasteiger partial charge is 0.124 e. The van der Waals surface area contributed by atoms with Crippen LogP contribution < -0.4 is 5.73 Å². The summed E-state index contributed by atoms with van der Waals surface area (Å²) in [6, 6.07) is 3.62. The maximum Gasteiger partial charge on any atom is 0.124 e. The predicted octanol–water partition coefficient (Wildman–Crippen LogP) is 3.85. The molecule has 90 valence electrons. The number of rotatable bonds is 4. The first-order valence-corrected chi connectivity index (χ1v) is 5.71. The van der Waals surface area contributed by atoms with Crippen LogP contribution in [0.3, 0.4) is 0 Å². The van der Waals surface area contributed by atoms with E-state index in [1.807, 2.05) is 25.1 Å². The fourth-order valence-corrected chi connectivity index (χ4v) is 2.10. The molecule has 4 heteroatoms. The number of aryl methyl sites for hydroxylation is 1. The lowest BCUT2D eigenvalue weighted by atomic mass is 9.99. The van der Waals surface area contributed by atoms with Crippen LogP contribution in [0, 0.1) is 6.92 Å². The van der Waals surface area contributed by atoms with Crippen LogP contribution in [0.2, 0.25) is 0 Å². The second-order valence-electron chi connectivity index (χ2n) is 3.60. The van der Waals surface area contributed by atoms with Gasteiger partial charge in [-0.3, -0.25) is 0 Å². The second kappa shape index (κ2) is 6.94. The van der Waals surface area contributed by atoms with Gasteiger partial charge < -0.3 is 10.8 Å². The number of phenols is 1. The Bertz CT molecular complexity index is 368. The Morgan fingerprint density at radius 3 is 2.75 bits per heavy atom. The van der Waals surface area contributed by atoms with E-state index >= 15 is 0 Å². The fourth-order valence-electron chi connectivity index (χ4n) is 1.49. The van der Waals surface area contributed by atoms with Gasteiger partial charge in [0, 0.05) is 16.1 Å². The Kier molecular flexibility index (Phi) is 6.72. The van der Waals surface area contributed by atoms with Gasteiger partial charge in [0.25, 0.3) is 0 Å². The monoisotopic (exact) mass is 305 g/mol. The van der Waals surface area contributed by atoms with Crippen molar-refractivity contribution < 1.29 is 5.11 Å². The van der Waals surface area contributed by atoms with Crippen molar-refractivity contribution in [1.29, 1.82) is 0 Å². The van der Waals surface area contributed by atoms with Crippen LogP contribution in [-0.2, 0) is 0 Å². The van der Waals surface area contributed by atoms with Crippen LogP contribution in [0.4, 0.5) is 0 Å². The molecule has 0 aromatic heterocycles. The van der Waals surface area contributed by atoms with Crippen molar-refractivity contribution in [3.63, 3.8) is 0 Å². The van der Waals surface area contributed by atoms with E-state index in [-0.39, 0.29) is 18.4 Å². The molecule has 1 aromatic rings. The van der Waals surface area contributed by atoms with Gasteiger partial charge >= 0.3 is 0 Å². The fraction of sp³-hybridized carbons (Fsp3) is 0.333. The zero-order valence-electron chi connectivity index (χ0n) is 9.24. The maximum atomic E-state index is 9.91. The molecular weight excluding hydrogens is 289 g/mol. The minimum Gasteiger partial charge on any atom is -0.507 e. The van der Waals surface area contributed by atoms with Crippen LogP contribution in [0.5, 0.6) is 5.75 Å². The van der Waals surface area contributed by atoms with Crippen LogP contribution in [0.1, 0.15) is 30.0 Å². The average molecular weight is 307 g/mol. The van der Waals surface area contributed by atoms with E-state index in [0.29, 0.717) is 5.75 Å². The third-order valence-electron chi connectivity index (χ3n) is 2.42. The summed E-state index contributed by atoms with van der Waals surface area (Å²) in [5, 5.41) is 9.91. The summed E-state index contributed by atoms with van der Waals surface area (Å²) >= 11 is 3.41. The third-order valence-corrected chi connectivity index (χ3v) is 3.11. The summed E-state index contributed by atoms with van der Waals surface area (Å²) in [6.07, 6.45) is 3.47. The minimum atomic E-state index is -0.155. The lowest BCUT2D eigenvalue weighted by Gasteiger charge is -2.16. The van der Waals surface area contributed by atoms with Crippen molar-refractivity contribution in [2.45, 2.75) is 25.8 Å². The minimum absolute atomic E-state index is 0. The molecule has 0 aliphatic carbocycles. The highest BCUT2D eigenvalue weighted by molar-refractivity contribution is 9.10. The lowest BCUT2D eigenvalue weighted by molar-refractivity contribution is 0.454. The molecule has 1 aromatic carbocycles. The first-order chi connectivity index (χ1) is 7.07. The first-order valence-electron chi connectivity index (χ1n) is 4.92. The van der Waals surface area contributed by atoms with Crippen molar-refractivity contribution in [2.24, 2.45) is 5.73 Å². The largest absolute Gasteiger partial charge is 0.507 e. The first kappa shape index (κ1) is 15.5. The molecular formula is C12H17BrClNO. The van der Waals surface area contributed by atoms with E-state index in [4.69, 9.17) is 5.73 Å². The van der Waals surface area contributed by atoms with Crippen molar-refractivity contribution >= 4 is 28.3 Å². The number of benzene rings is 1. The van der Waals surface area contributed by atoms with E-state index in [2.05, 4.69) is 22.5 Å². The van der Waals surface area contributed by atoms with Gasteiger partial charge in [-0.15, -0.1) is 19.0 Å². The molecule has 0 heterocycles. The van der Waals surface area contributed by atoms with E-state index in [1.165, 1.54) is 0 Å². The summed E-state index contributed by atoms with van der Waals surface area (Å²) in [4.78, 5) is 0. The van der Waals surface area contributed by atoms with Gasteiger partial charge in [-0.05, 0) is 31.4 Å². The topological polar surface area (TPSA) is 46.2 Å². The van der Waals surface area contributed by atoms with E-state index in [0.717, 1.165) is 28.4 Å². The molecule has 0 radical (unpaired) electrons. The van der Waals surface area contributed by atoms with Gasteiger partial charge in [-0.25, -0.2) is 0 Å². The van der Waals surface area contributed by atoms with Crippen molar-refractivity contribution in [1.82, 2.24) is 0 Å². The second-order valence-corrected chi connectivity index (χ2v) is 4.45. The van der Waals surface area contributed by atoms with Crippen LogP contribution >= 0.6 is 28.3 Å². The number of allylic oxidation sites excluding steroid dienone is 1. The molecule has 0 saturated heterocycles. The maximum absolute atomic E-state index is 9.91. The van der Waals surface area contributed by atoms with E-state index < -0.39 is 0 Å². The zero-order chi connectivity index (χ0) is 11.4. The highest BCUT2D eigenvalue weighted by Crippen LogP contribution is 2.34. The molecule has 1 rings (SSSR count). The van der Waals surface area contributed by atoms with E-state index in [1.54, 1.807) is 0 Å². The van der Waals surface area contributed by atoms with Crippen LogP contribution in [0.15, 0.2) is 29.3 Å². The number of phenolic OH excluding ortho intramolecular Hbond substituents is 1. The van der Waals surface area contributed by atoms with Crippen molar-refractivity contribution in [2.75, 3.05) is 0 Å². The summed E-state index contributed by atoms with van der Waals surface area (Å²) in [5.41, 5.74) is 7.65. The molecule has 1 atom stereocenters. The molecule has 2 nitrogen and oxygen atoms in total. The molecule has 0 aliphatic rings. The van der Waals surface area contributed by atoms with Crippen LogP contribution in [-0.4, -0.2) is 5.11 Å². The highest BCUT2D eigenvalue weighted by Gasteiger charge is 2.15. The predicted molar refractivity (Wildman–Crippen MR) is 74.2 cm³/mol. The number of halogens is 2. The third kappa shape index (κ3) is 3.51. The molecule has 0 spiro atoms. The molecule has 0 aliphatic heterocycles. The average Bonchev–Trinajstić information content (AvgIpc) is 2.21. The highest BCUT2D eigenvalue weighted by atomic mass is 79.9. The normalized spacial score (nSPS) is 11.7. The quantitative estimate of drug-likeness (QED) is 0.830. The van der Waals surface area contributed by atoms with Crippen LogP contribution in [0.25, 0.3) is 0 Å². The Labute approximate surface area is 111 Å². The number of aromatic hydroxyl groups is 1. The summed E-state index contributed by atoms with van der Waals surface area (Å²) in [7, 11) is 0.